The maximum atomic E-state index is 3.66. The van der Waals surface area contributed by atoms with Crippen LogP contribution >= 0.6 is 22.6 Å². The van der Waals surface area contributed by atoms with E-state index in [-0.39, 0.29) is 0 Å². The summed E-state index contributed by atoms with van der Waals surface area (Å²) in [4.78, 5) is 2.54. The first-order valence-electron chi connectivity index (χ1n) is 6.56. The fourth-order valence-corrected chi connectivity index (χ4v) is 3.28. The second-order valence-corrected chi connectivity index (χ2v) is 6.40. The van der Waals surface area contributed by atoms with E-state index in [1.165, 1.54) is 48.2 Å². The van der Waals surface area contributed by atoms with Crippen molar-refractivity contribution in [3.63, 3.8) is 0 Å². The van der Waals surface area contributed by atoms with Crippen LogP contribution < -0.4 is 10.2 Å². The Bertz CT molecular complexity index is 390. The molecule has 1 N–H and O–H groups in total. The molecule has 2 nitrogen and oxygen atoms in total. The molecule has 92 valence electrons. The van der Waals surface area contributed by atoms with Crippen molar-refractivity contribution in [1.82, 2.24) is 5.32 Å². The van der Waals surface area contributed by atoms with Crippen molar-refractivity contribution >= 4 is 28.3 Å². The molecule has 2 fully saturated rings. The number of benzene rings is 1. The van der Waals surface area contributed by atoms with Crippen molar-refractivity contribution in [1.29, 1.82) is 0 Å². The van der Waals surface area contributed by atoms with Gasteiger partial charge in [0.15, 0.2) is 0 Å². The molecule has 1 aliphatic heterocycles. The molecular weight excluding hydrogens is 323 g/mol. The van der Waals surface area contributed by atoms with Crippen LogP contribution in [0.3, 0.4) is 0 Å². The smallest absolute Gasteiger partial charge is 0.0501 e. The molecule has 17 heavy (non-hydrogen) atoms. The summed E-state index contributed by atoms with van der Waals surface area (Å²) in [7, 11) is 0. The lowest BCUT2D eigenvalue weighted by atomic mass is 10.1. The predicted octanol–water partition coefficient (Wildman–Crippen LogP) is 2.87. The number of para-hydroxylation sites is 1. The van der Waals surface area contributed by atoms with Crippen molar-refractivity contribution in [2.75, 3.05) is 24.5 Å². The van der Waals surface area contributed by atoms with Crippen LogP contribution in [-0.2, 0) is 0 Å². The molecule has 2 aliphatic rings. The number of rotatable bonds is 4. The summed E-state index contributed by atoms with van der Waals surface area (Å²) in [6.45, 7) is 3.65. The van der Waals surface area contributed by atoms with Crippen LogP contribution in [0.2, 0.25) is 0 Å². The molecule has 1 saturated carbocycles. The van der Waals surface area contributed by atoms with Crippen LogP contribution in [0, 0.1) is 9.49 Å². The van der Waals surface area contributed by atoms with E-state index < -0.39 is 0 Å². The number of anilines is 1. The van der Waals surface area contributed by atoms with Crippen LogP contribution in [-0.4, -0.2) is 25.7 Å². The fraction of sp³-hybridized carbons (Fsp3) is 0.571. The second kappa shape index (κ2) is 5.14. The minimum Gasteiger partial charge on any atom is -0.370 e. The molecule has 1 saturated heterocycles. The Morgan fingerprint density at radius 1 is 1.24 bits per heavy atom. The first kappa shape index (κ1) is 11.8. The van der Waals surface area contributed by atoms with E-state index in [1.807, 2.05) is 0 Å². The Morgan fingerprint density at radius 2 is 2.06 bits per heavy atom. The Morgan fingerprint density at radius 3 is 2.82 bits per heavy atom. The van der Waals surface area contributed by atoms with Crippen LogP contribution in [0.5, 0.6) is 0 Å². The van der Waals surface area contributed by atoms with Gasteiger partial charge in [0.2, 0.25) is 0 Å². The third kappa shape index (κ3) is 2.94. The number of nitrogens with zero attached hydrogens (tertiary/aromatic N) is 1. The summed E-state index contributed by atoms with van der Waals surface area (Å²) in [5, 5.41) is 3.66. The molecule has 1 atom stereocenters. The number of nitrogens with one attached hydrogen (secondary N) is 1. The molecule has 1 unspecified atom stereocenters. The highest BCUT2D eigenvalue weighted by molar-refractivity contribution is 14.1. The normalized spacial score (nSPS) is 24.3. The number of hydrogen-bond acceptors (Lipinski definition) is 2. The van der Waals surface area contributed by atoms with Crippen LogP contribution in [0.25, 0.3) is 0 Å². The van der Waals surface area contributed by atoms with Crippen LogP contribution in [0.1, 0.15) is 19.3 Å². The third-order valence-corrected chi connectivity index (χ3v) is 4.66. The molecule has 1 aromatic rings. The minimum atomic E-state index is 0.839. The summed E-state index contributed by atoms with van der Waals surface area (Å²) >= 11 is 2.44. The van der Waals surface area contributed by atoms with Gasteiger partial charge in [0, 0.05) is 22.7 Å². The highest BCUT2D eigenvalue weighted by atomic mass is 127. The van der Waals surface area contributed by atoms with E-state index >= 15 is 0 Å². The summed E-state index contributed by atoms with van der Waals surface area (Å²) < 4.78 is 1.38. The molecule has 0 amide bonds. The number of halogens is 1. The molecule has 3 heteroatoms. The van der Waals surface area contributed by atoms with Crippen LogP contribution in [0.15, 0.2) is 24.3 Å². The zero-order chi connectivity index (χ0) is 11.7. The van der Waals surface area contributed by atoms with Crippen molar-refractivity contribution in [3.05, 3.63) is 27.8 Å². The summed E-state index contributed by atoms with van der Waals surface area (Å²) in [6.07, 6.45) is 4.13. The van der Waals surface area contributed by atoms with E-state index in [4.69, 9.17) is 0 Å². The van der Waals surface area contributed by atoms with Gasteiger partial charge in [-0.25, -0.2) is 0 Å². The monoisotopic (exact) mass is 342 g/mol. The minimum absolute atomic E-state index is 0.839. The zero-order valence-electron chi connectivity index (χ0n) is 10.0. The maximum Gasteiger partial charge on any atom is 0.0501 e. The van der Waals surface area contributed by atoms with Crippen LogP contribution in [0.4, 0.5) is 5.69 Å². The summed E-state index contributed by atoms with van der Waals surface area (Å²) in [5.74, 6) is 0.839. The van der Waals surface area contributed by atoms with Crippen molar-refractivity contribution in [3.8, 4) is 0 Å². The largest absolute Gasteiger partial charge is 0.370 e. The average molecular weight is 342 g/mol. The van der Waals surface area contributed by atoms with Gasteiger partial charge in [0.1, 0.15) is 0 Å². The first-order valence-corrected chi connectivity index (χ1v) is 7.63. The Hall–Kier alpha value is -0.290. The molecule has 1 aromatic carbocycles. The number of hydrogen-bond donors (Lipinski definition) is 1. The first-order chi connectivity index (χ1) is 8.33. The van der Waals surface area contributed by atoms with E-state index in [2.05, 4.69) is 57.1 Å². The van der Waals surface area contributed by atoms with Gasteiger partial charge in [-0.1, -0.05) is 12.1 Å². The van der Waals surface area contributed by atoms with Gasteiger partial charge >= 0.3 is 0 Å². The Balaban J connectivity index is 1.57. The van der Waals surface area contributed by atoms with E-state index in [0.29, 0.717) is 0 Å². The molecule has 0 bridgehead atoms. The van der Waals surface area contributed by atoms with Gasteiger partial charge in [-0.05, 0) is 66.4 Å². The van der Waals surface area contributed by atoms with Gasteiger partial charge in [-0.3, -0.25) is 0 Å². The van der Waals surface area contributed by atoms with Gasteiger partial charge in [-0.15, -0.1) is 0 Å². The Labute approximate surface area is 117 Å². The van der Waals surface area contributed by atoms with Crippen molar-refractivity contribution < 1.29 is 0 Å². The molecular formula is C14H19IN2. The summed E-state index contributed by atoms with van der Waals surface area (Å²) in [6, 6.07) is 9.56. The zero-order valence-corrected chi connectivity index (χ0v) is 12.2. The van der Waals surface area contributed by atoms with Gasteiger partial charge in [0.05, 0.1) is 5.69 Å². The van der Waals surface area contributed by atoms with Crippen molar-refractivity contribution in [2.24, 2.45) is 5.92 Å². The maximum absolute atomic E-state index is 3.66. The van der Waals surface area contributed by atoms with E-state index in [0.717, 1.165) is 12.0 Å². The molecule has 0 aromatic heterocycles. The standard InChI is InChI=1S/C14H19IN2/c15-13-3-1-2-4-14(13)17-8-7-11(10-17)9-16-12-5-6-12/h1-4,11-12,16H,5-10H2. The Kier molecular flexibility index (Phi) is 3.56. The van der Waals surface area contributed by atoms with Crippen molar-refractivity contribution in [2.45, 2.75) is 25.3 Å². The SMILES string of the molecule is Ic1ccccc1N1CCC(CNC2CC2)C1. The fourth-order valence-electron chi connectivity index (χ4n) is 2.55. The lowest BCUT2D eigenvalue weighted by molar-refractivity contribution is 0.515. The highest BCUT2D eigenvalue weighted by Crippen LogP contribution is 2.28. The quantitative estimate of drug-likeness (QED) is 0.847. The lowest BCUT2D eigenvalue weighted by Crippen LogP contribution is -2.27. The summed E-state index contributed by atoms with van der Waals surface area (Å²) in [5.41, 5.74) is 1.42. The van der Waals surface area contributed by atoms with E-state index in [1.54, 1.807) is 0 Å². The van der Waals surface area contributed by atoms with E-state index in [9.17, 15) is 0 Å². The molecule has 3 rings (SSSR count). The highest BCUT2D eigenvalue weighted by Gasteiger charge is 2.26. The third-order valence-electron chi connectivity index (χ3n) is 3.75. The molecule has 1 heterocycles. The van der Waals surface area contributed by atoms with Gasteiger partial charge < -0.3 is 10.2 Å². The topological polar surface area (TPSA) is 15.3 Å². The van der Waals surface area contributed by atoms with Gasteiger partial charge in [0.25, 0.3) is 0 Å². The average Bonchev–Trinajstić information content (AvgIpc) is 3.06. The molecule has 1 aliphatic carbocycles. The second-order valence-electron chi connectivity index (χ2n) is 5.23. The lowest BCUT2D eigenvalue weighted by Gasteiger charge is -2.20. The molecule has 0 radical (unpaired) electrons. The van der Waals surface area contributed by atoms with Gasteiger partial charge in [-0.2, -0.15) is 0 Å². The molecule has 0 spiro atoms. The predicted molar refractivity (Wildman–Crippen MR) is 80.5 cm³/mol.